The molecular weight excluding hydrogens is 425 g/mol. The smallest absolute Gasteiger partial charge is 0.417 e. The maximum absolute atomic E-state index is 12.7. The predicted molar refractivity (Wildman–Crippen MR) is 102 cm³/mol. The maximum atomic E-state index is 12.7. The van der Waals surface area contributed by atoms with E-state index in [0.29, 0.717) is 17.4 Å². The molecule has 0 bridgehead atoms. The van der Waals surface area contributed by atoms with Gasteiger partial charge in [-0.2, -0.15) is 0 Å². The summed E-state index contributed by atoms with van der Waals surface area (Å²) in [5, 5.41) is 2.59. The van der Waals surface area contributed by atoms with Gasteiger partial charge >= 0.3 is 12.2 Å². The molecule has 0 aromatic heterocycles. The largest absolute Gasteiger partial charge is 0.444 e. The zero-order valence-electron chi connectivity index (χ0n) is 15.5. The number of guanidine groups is 1. The van der Waals surface area contributed by atoms with Crippen LogP contribution in [-0.2, 0) is 9.47 Å². The highest BCUT2D eigenvalue weighted by molar-refractivity contribution is 14.1. The Morgan fingerprint density at radius 1 is 1.21 bits per heavy atom. The molecule has 138 valence electrons. The number of nitrogens with zero attached hydrogens (tertiary/aromatic N) is 2. The summed E-state index contributed by atoms with van der Waals surface area (Å²) in [5.74, 6) is 0.170. The Labute approximate surface area is 157 Å². The molecule has 0 aliphatic carbocycles. The zero-order chi connectivity index (χ0) is 18.8. The predicted octanol–water partition coefficient (Wildman–Crippen LogP) is 3.70. The first-order valence-electron chi connectivity index (χ1n) is 7.91. The third kappa shape index (κ3) is 6.10. The number of ether oxygens (including phenoxy) is 2. The number of hydrogen-bond acceptors (Lipinski definition) is 5. The van der Waals surface area contributed by atoms with Gasteiger partial charge in [-0.15, -0.1) is 0 Å². The fourth-order valence-corrected chi connectivity index (χ4v) is 2.79. The van der Waals surface area contributed by atoms with Crippen LogP contribution in [0.2, 0.25) is 0 Å². The number of halogens is 1. The van der Waals surface area contributed by atoms with Gasteiger partial charge in [0.2, 0.25) is 5.96 Å². The number of aliphatic imine (C=N–C) groups is 1. The van der Waals surface area contributed by atoms with E-state index < -0.39 is 28.9 Å². The lowest BCUT2D eigenvalue weighted by atomic mass is 9.97. The van der Waals surface area contributed by atoms with Crippen molar-refractivity contribution in [2.24, 2.45) is 4.99 Å². The fourth-order valence-electron chi connectivity index (χ4n) is 2.07. The summed E-state index contributed by atoms with van der Waals surface area (Å²) in [5.41, 5.74) is -1.77. The highest BCUT2D eigenvalue weighted by atomic mass is 127. The average molecular weight is 453 g/mol. The number of rotatable bonds is 1. The molecule has 0 saturated heterocycles. The first-order chi connectivity index (χ1) is 10.8. The fraction of sp³-hybridized carbons (Fsp3) is 0.812. The van der Waals surface area contributed by atoms with Crippen LogP contribution in [0.1, 0.15) is 54.9 Å². The Morgan fingerprint density at radius 3 is 2.21 bits per heavy atom. The number of alkyl carbamates (subject to hydrolysis) is 1. The average Bonchev–Trinajstić information content (AvgIpc) is 2.34. The van der Waals surface area contributed by atoms with E-state index >= 15 is 0 Å². The van der Waals surface area contributed by atoms with Crippen molar-refractivity contribution in [3.05, 3.63) is 0 Å². The molecule has 1 heterocycles. The van der Waals surface area contributed by atoms with Gasteiger partial charge in [0.25, 0.3) is 0 Å². The number of hydrogen-bond donors (Lipinski definition) is 1. The third-order valence-corrected chi connectivity index (χ3v) is 4.78. The highest BCUT2D eigenvalue weighted by Crippen LogP contribution is 2.28. The number of carbonyl (C=O) groups is 2. The quantitative estimate of drug-likeness (QED) is 0.485. The molecule has 0 fully saturated rings. The Morgan fingerprint density at radius 2 is 1.75 bits per heavy atom. The van der Waals surface area contributed by atoms with Crippen LogP contribution in [0.4, 0.5) is 9.59 Å². The SMILES string of the molecule is CC(C)(C)OC(=O)NC1=NCCC(C)(CI)N1C(=O)OC(C)(C)C. The van der Waals surface area contributed by atoms with Crippen molar-refractivity contribution in [2.45, 2.75) is 71.6 Å². The second kappa shape index (κ2) is 7.45. The maximum Gasteiger partial charge on any atom is 0.417 e. The van der Waals surface area contributed by atoms with Crippen molar-refractivity contribution in [2.75, 3.05) is 11.0 Å². The first kappa shape index (κ1) is 21.0. The number of carbonyl (C=O) groups excluding carboxylic acids is 2. The van der Waals surface area contributed by atoms with E-state index in [4.69, 9.17) is 9.47 Å². The van der Waals surface area contributed by atoms with E-state index in [9.17, 15) is 9.59 Å². The van der Waals surface area contributed by atoms with Gasteiger partial charge in [0.05, 0.1) is 5.54 Å². The van der Waals surface area contributed by atoms with E-state index in [1.54, 1.807) is 41.5 Å². The van der Waals surface area contributed by atoms with Crippen molar-refractivity contribution in [3.8, 4) is 0 Å². The van der Waals surface area contributed by atoms with E-state index in [-0.39, 0.29) is 5.96 Å². The van der Waals surface area contributed by atoms with Crippen LogP contribution in [-0.4, -0.2) is 50.8 Å². The van der Waals surface area contributed by atoms with Crippen molar-refractivity contribution in [1.82, 2.24) is 10.2 Å². The van der Waals surface area contributed by atoms with E-state index in [1.807, 2.05) is 6.92 Å². The standard InChI is InChI=1S/C16H28IN3O4/c1-14(2,3)23-12(21)19-11-18-9-8-16(7,10-17)20(11)13(22)24-15(4,5)6/h8-10H2,1-7H3,(H,18,19,21). The molecule has 0 spiro atoms. The van der Waals surface area contributed by atoms with E-state index in [1.165, 1.54) is 4.90 Å². The molecule has 24 heavy (non-hydrogen) atoms. The van der Waals surface area contributed by atoms with Crippen molar-refractivity contribution in [1.29, 1.82) is 0 Å². The van der Waals surface area contributed by atoms with Gasteiger partial charge < -0.3 is 9.47 Å². The van der Waals surface area contributed by atoms with Crippen LogP contribution in [0.15, 0.2) is 4.99 Å². The third-order valence-electron chi connectivity index (χ3n) is 3.14. The second-order valence-electron chi connectivity index (χ2n) is 8.03. The summed E-state index contributed by atoms with van der Waals surface area (Å²) in [7, 11) is 0. The molecule has 1 N–H and O–H groups in total. The summed E-state index contributed by atoms with van der Waals surface area (Å²) >= 11 is 2.23. The lowest BCUT2D eigenvalue weighted by molar-refractivity contribution is 0.0201. The minimum absolute atomic E-state index is 0.170. The van der Waals surface area contributed by atoms with Crippen molar-refractivity contribution < 1.29 is 19.1 Å². The van der Waals surface area contributed by atoms with Gasteiger partial charge in [0, 0.05) is 11.0 Å². The lowest BCUT2D eigenvalue weighted by Crippen LogP contribution is -2.62. The van der Waals surface area contributed by atoms with Gasteiger partial charge in [-0.1, -0.05) is 22.6 Å². The molecule has 1 atom stereocenters. The first-order valence-corrected chi connectivity index (χ1v) is 9.44. The second-order valence-corrected chi connectivity index (χ2v) is 8.79. The molecule has 8 heteroatoms. The number of amides is 2. The molecule has 1 aliphatic heterocycles. The molecule has 0 saturated carbocycles. The molecular formula is C16H28IN3O4. The lowest BCUT2D eigenvalue weighted by Gasteiger charge is -2.43. The van der Waals surface area contributed by atoms with Crippen molar-refractivity contribution >= 4 is 40.7 Å². The zero-order valence-corrected chi connectivity index (χ0v) is 17.7. The molecule has 1 aliphatic rings. The molecule has 0 aromatic rings. The molecule has 1 unspecified atom stereocenters. The van der Waals surface area contributed by atoms with Gasteiger partial charge in [0.1, 0.15) is 11.2 Å². The van der Waals surface area contributed by atoms with Crippen LogP contribution in [0.3, 0.4) is 0 Å². The number of nitrogens with one attached hydrogen (secondary N) is 1. The minimum atomic E-state index is -0.646. The summed E-state index contributed by atoms with van der Waals surface area (Å²) in [4.78, 5) is 30.5. The highest BCUT2D eigenvalue weighted by Gasteiger charge is 2.43. The monoisotopic (exact) mass is 453 g/mol. The summed E-state index contributed by atoms with van der Waals surface area (Å²) in [6.45, 7) is 13.2. The summed E-state index contributed by atoms with van der Waals surface area (Å²) < 4.78 is 11.4. The Balaban J connectivity index is 3.04. The van der Waals surface area contributed by atoms with Gasteiger partial charge in [-0.3, -0.25) is 10.3 Å². The van der Waals surface area contributed by atoms with Crippen LogP contribution in [0.25, 0.3) is 0 Å². The Kier molecular flexibility index (Phi) is 6.51. The van der Waals surface area contributed by atoms with Crippen LogP contribution in [0, 0.1) is 0 Å². The summed E-state index contributed by atoms with van der Waals surface area (Å²) in [6.07, 6.45) is -0.488. The van der Waals surface area contributed by atoms with Crippen LogP contribution < -0.4 is 5.32 Å². The van der Waals surface area contributed by atoms with Crippen LogP contribution >= 0.6 is 22.6 Å². The van der Waals surface area contributed by atoms with Crippen LogP contribution in [0.5, 0.6) is 0 Å². The molecule has 0 radical (unpaired) electrons. The van der Waals surface area contributed by atoms with E-state index in [2.05, 4.69) is 32.9 Å². The number of alkyl halides is 1. The van der Waals surface area contributed by atoms with E-state index in [0.717, 1.165) is 0 Å². The molecule has 1 rings (SSSR count). The van der Waals surface area contributed by atoms with Gasteiger partial charge in [-0.05, 0) is 54.9 Å². The topological polar surface area (TPSA) is 80.2 Å². The molecule has 0 aromatic carbocycles. The van der Waals surface area contributed by atoms with Gasteiger partial charge in [0.15, 0.2) is 0 Å². The molecule has 7 nitrogen and oxygen atoms in total. The Hall–Kier alpha value is -1.06. The summed E-state index contributed by atoms with van der Waals surface area (Å²) in [6, 6.07) is 0. The van der Waals surface area contributed by atoms with Crippen molar-refractivity contribution in [3.63, 3.8) is 0 Å². The Bertz CT molecular complexity index is 522. The molecule has 2 amide bonds. The minimum Gasteiger partial charge on any atom is -0.444 e. The normalized spacial score (nSPS) is 21.8. The van der Waals surface area contributed by atoms with Gasteiger partial charge in [-0.25, -0.2) is 14.5 Å².